The lowest BCUT2D eigenvalue weighted by atomic mass is 9.71. The highest BCUT2D eigenvalue weighted by atomic mass is 14.6. The number of rotatable bonds is 4. The van der Waals surface area contributed by atoms with Crippen molar-refractivity contribution in [2.75, 3.05) is 0 Å². The van der Waals surface area contributed by atoms with Gasteiger partial charge >= 0.3 is 0 Å². The highest BCUT2D eigenvalue weighted by Gasteiger charge is 2.29. The first-order valence-corrected chi connectivity index (χ1v) is 6.86. The molecule has 1 aromatic rings. The average molecular weight is 231 g/mol. The van der Waals surface area contributed by atoms with E-state index in [0.717, 1.165) is 12.3 Å². The molecule has 0 aromatic heterocycles. The minimum atomic E-state index is 0.195. The summed E-state index contributed by atoms with van der Waals surface area (Å²) in [4.78, 5) is 0. The molecular formula is C16H25N. The minimum Gasteiger partial charge on any atom is -0.328 e. The molecule has 2 rings (SSSR count). The zero-order chi connectivity index (χ0) is 12.5. The van der Waals surface area contributed by atoms with Gasteiger partial charge in [0.1, 0.15) is 0 Å². The van der Waals surface area contributed by atoms with Crippen LogP contribution in [0.1, 0.15) is 63.5 Å². The quantitative estimate of drug-likeness (QED) is 0.833. The summed E-state index contributed by atoms with van der Waals surface area (Å²) in [7, 11) is 0. The molecule has 1 aliphatic carbocycles. The molecule has 0 amide bonds. The lowest BCUT2D eigenvalue weighted by molar-refractivity contribution is 0.392. The van der Waals surface area contributed by atoms with Crippen molar-refractivity contribution in [3.8, 4) is 0 Å². The molecule has 1 unspecified atom stereocenters. The highest BCUT2D eigenvalue weighted by molar-refractivity contribution is 5.37. The molecule has 1 aromatic carbocycles. The van der Waals surface area contributed by atoms with Crippen LogP contribution < -0.4 is 5.73 Å². The number of hydrogen-bond acceptors (Lipinski definition) is 1. The Morgan fingerprint density at radius 1 is 1.29 bits per heavy atom. The van der Waals surface area contributed by atoms with Crippen molar-refractivity contribution in [2.45, 2.75) is 63.8 Å². The van der Waals surface area contributed by atoms with Gasteiger partial charge in [0.05, 0.1) is 0 Å². The van der Waals surface area contributed by atoms with Gasteiger partial charge in [0, 0.05) is 6.04 Å². The van der Waals surface area contributed by atoms with E-state index < -0.39 is 0 Å². The van der Waals surface area contributed by atoms with Crippen molar-refractivity contribution < 1.29 is 0 Å². The van der Waals surface area contributed by atoms with Crippen molar-refractivity contribution in [2.24, 2.45) is 5.73 Å². The van der Waals surface area contributed by atoms with Gasteiger partial charge in [0.15, 0.2) is 0 Å². The Hall–Kier alpha value is -0.820. The Labute approximate surface area is 105 Å². The molecule has 0 radical (unpaired) electrons. The van der Waals surface area contributed by atoms with Crippen molar-refractivity contribution in [3.63, 3.8) is 0 Å². The zero-order valence-corrected chi connectivity index (χ0v) is 11.4. The summed E-state index contributed by atoms with van der Waals surface area (Å²) in [5.74, 6) is 0.804. The van der Waals surface area contributed by atoms with Crippen LogP contribution in [0.25, 0.3) is 0 Å². The van der Waals surface area contributed by atoms with Crippen molar-refractivity contribution in [3.05, 3.63) is 35.4 Å². The van der Waals surface area contributed by atoms with Gasteiger partial charge in [0.25, 0.3) is 0 Å². The zero-order valence-electron chi connectivity index (χ0n) is 11.4. The Morgan fingerprint density at radius 3 is 2.47 bits per heavy atom. The Morgan fingerprint density at radius 2 is 1.94 bits per heavy atom. The van der Waals surface area contributed by atoms with E-state index in [4.69, 9.17) is 5.73 Å². The molecule has 0 bridgehead atoms. The van der Waals surface area contributed by atoms with E-state index in [9.17, 15) is 0 Å². The molecule has 1 fully saturated rings. The summed E-state index contributed by atoms with van der Waals surface area (Å²) in [5.41, 5.74) is 9.27. The van der Waals surface area contributed by atoms with E-state index in [1.807, 2.05) is 0 Å². The van der Waals surface area contributed by atoms with E-state index >= 15 is 0 Å². The normalized spacial score (nSPS) is 18.8. The smallest absolute Gasteiger partial charge is 0.00187 e. The molecule has 1 heteroatoms. The van der Waals surface area contributed by atoms with E-state index in [0.29, 0.717) is 0 Å². The van der Waals surface area contributed by atoms with Crippen LogP contribution in [-0.4, -0.2) is 6.04 Å². The molecule has 2 N–H and O–H groups in total. The molecular weight excluding hydrogens is 206 g/mol. The summed E-state index contributed by atoms with van der Waals surface area (Å²) >= 11 is 0. The Bertz CT molecular complexity index is 375. The predicted octanol–water partition coefficient (Wildman–Crippen LogP) is 3.97. The number of benzene rings is 1. The van der Waals surface area contributed by atoms with Crippen LogP contribution in [0.3, 0.4) is 0 Å². The first-order chi connectivity index (χ1) is 8.00. The monoisotopic (exact) mass is 231 g/mol. The molecule has 0 heterocycles. The fourth-order valence-corrected chi connectivity index (χ4v) is 3.10. The van der Waals surface area contributed by atoms with Gasteiger partial charge in [-0.05, 0) is 48.6 Å². The van der Waals surface area contributed by atoms with E-state index in [1.54, 1.807) is 5.56 Å². The molecule has 1 saturated carbocycles. The van der Waals surface area contributed by atoms with Crippen LogP contribution >= 0.6 is 0 Å². The maximum Gasteiger partial charge on any atom is 0.00187 e. The highest BCUT2D eigenvalue weighted by Crippen LogP contribution is 2.42. The molecule has 94 valence electrons. The largest absolute Gasteiger partial charge is 0.328 e. The summed E-state index contributed by atoms with van der Waals surface area (Å²) in [6.07, 6.45) is 5.18. The lowest BCUT2D eigenvalue weighted by Gasteiger charge is -2.35. The van der Waals surface area contributed by atoms with Gasteiger partial charge in [-0.1, -0.05) is 44.5 Å². The second-order valence-electron chi connectivity index (χ2n) is 6.28. The van der Waals surface area contributed by atoms with Crippen LogP contribution in [-0.2, 0) is 5.41 Å². The average Bonchev–Trinajstić information content (AvgIpc) is 2.13. The molecule has 0 aliphatic heterocycles. The summed E-state index contributed by atoms with van der Waals surface area (Å²) in [5, 5.41) is 0. The fraction of sp³-hybridized carbons (Fsp3) is 0.625. The Balaban J connectivity index is 2.30. The van der Waals surface area contributed by atoms with Crippen LogP contribution in [0.4, 0.5) is 0 Å². The molecule has 17 heavy (non-hydrogen) atoms. The molecule has 1 aliphatic rings. The first-order valence-electron chi connectivity index (χ1n) is 6.86. The maximum absolute atomic E-state index is 5.99. The van der Waals surface area contributed by atoms with Gasteiger partial charge in [0.2, 0.25) is 0 Å². The van der Waals surface area contributed by atoms with Crippen molar-refractivity contribution in [1.29, 1.82) is 0 Å². The summed E-state index contributed by atoms with van der Waals surface area (Å²) in [6.45, 7) is 6.76. The van der Waals surface area contributed by atoms with Gasteiger partial charge in [-0.2, -0.15) is 0 Å². The van der Waals surface area contributed by atoms with Crippen LogP contribution in [0.15, 0.2) is 24.3 Å². The third kappa shape index (κ3) is 2.71. The van der Waals surface area contributed by atoms with E-state index in [1.165, 1.54) is 24.8 Å². The molecule has 0 spiro atoms. The molecule has 0 saturated heterocycles. The van der Waals surface area contributed by atoms with Crippen LogP contribution in [0.5, 0.6) is 0 Å². The third-order valence-electron chi connectivity index (χ3n) is 4.07. The van der Waals surface area contributed by atoms with Crippen LogP contribution in [0, 0.1) is 0 Å². The number of nitrogens with two attached hydrogens (primary N) is 1. The van der Waals surface area contributed by atoms with Gasteiger partial charge in [-0.25, -0.2) is 0 Å². The molecule has 1 atom stereocenters. The van der Waals surface area contributed by atoms with Gasteiger partial charge in [-0.15, -0.1) is 0 Å². The lowest BCUT2D eigenvalue weighted by Crippen LogP contribution is -2.30. The van der Waals surface area contributed by atoms with E-state index in [2.05, 4.69) is 45.0 Å². The van der Waals surface area contributed by atoms with Gasteiger partial charge < -0.3 is 5.73 Å². The second-order valence-corrected chi connectivity index (χ2v) is 6.28. The minimum absolute atomic E-state index is 0.195. The first kappa shape index (κ1) is 12.6. The predicted molar refractivity (Wildman–Crippen MR) is 74.3 cm³/mol. The van der Waals surface area contributed by atoms with Gasteiger partial charge in [-0.3, -0.25) is 0 Å². The maximum atomic E-state index is 5.99. The Kier molecular flexibility index (Phi) is 3.58. The van der Waals surface area contributed by atoms with Crippen LogP contribution in [0.2, 0.25) is 0 Å². The fourth-order valence-electron chi connectivity index (χ4n) is 3.10. The molecule has 1 nitrogen and oxygen atoms in total. The van der Waals surface area contributed by atoms with Crippen molar-refractivity contribution in [1.82, 2.24) is 0 Å². The van der Waals surface area contributed by atoms with Crippen molar-refractivity contribution >= 4 is 0 Å². The second kappa shape index (κ2) is 4.81. The third-order valence-corrected chi connectivity index (χ3v) is 4.07. The summed E-state index contributed by atoms with van der Waals surface area (Å²) in [6, 6.07) is 9.23. The topological polar surface area (TPSA) is 26.0 Å². The summed E-state index contributed by atoms with van der Waals surface area (Å²) < 4.78 is 0. The van der Waals surface area contributed by atoms with E-state index in [-0.39, 0.29) is 11.5 Å². The standard InChI is InChI=1S/C16H25N/c1-12(17)11-16(2,3)15-10-5-4-9-14(15)13-7-6-8-13/h4-5,9-10,12-13H,6-8,11,17H2,1-3H3. The number of hydrogen-bond donors (Lipinski definition) is 1. The SMILES string of the molecule is CC(N)CC(C)(C)c1ccccc1C1CCC1.